The maximum absolute atomic E-state index is 13.3. The molecule has 0 radical (unpaired) electrons. The van der Waals surface area contributed by atoms with Crippen LogP contribution in [0, 0.1) is 0 Å². The van der Waals surface area contributed by atoms with E-state index < -0.39 is 12.1 Å². The monoisotopic (exact) mass is 464 g/mol. The quantitative estimate of drug-likeness (QED) is 0.728. The van der Waals surface area contributed by atoms with E-state index in [1.807, 2.05) is 55.5 Å². The number of likely N-dealkylation sites (tertiary alicyclic amines) is 1. The number of rotatable bonds is 5. The molecule has 4 atom stereocenters. The average molecular weight is 465 g/mol. The minimum atomic E-state index is -1.13. The molecular weight excluding hydrogens is 432 g/mol. The Morgan fingerprint density at radius 3 is 2.65 bits per heavy atom. The van der Waals surface area contributed by atoms with E-state index in [4.69, 9.17) is 4.84 Å². The number of hydrogen-bond donors (Lipinski definition) is 1. The van der Waals surface area contributed by atoms with Crippen LogP contribution in [-0.2, 0) is 21.7 Å². The summed E-state index contributed by atoms with van der Waals surface area (Å²) in [4.78, 5) is 37.4. The van der Waals surface area contributed by atoms with E-state index in [-0.39, 0.29) is 30.1 Å². The molecule has 180 valence electrons. The van der Waals surface area contributed by atoms with Crippen molar-refractivity contribution in [1.29, 1.82) is 0 Å². The second-order valence-corrected chi connectivity index (χ2v) is 10.0. The lowest BCUT2D eigenvalue weighted by Gasteiger charge is -2.32. The predicted molar refractivity (Wildman–Crippen MR) is 130 cm³/mol. The Labute approximate surface area is 200 Å². The lowest BCUT2D eigenvalue weighted by Crippen LogP contribution is -2.45. The summed E-state index contributed by atoms with van der Waals surface area (Å²) < 4.78 is 0. The van der Waals surface area contributed by atoms with Crippen LogP contribution in [0.2, 0.25) is 0 Å². The Bertz CT molecular complexity index is 1110. The van der Waals surface area contributed by atoms with E-state index in [0.29, 0.717) is 12.1 Å². The molecule has 2 saturated heterocycles. The molecule has 34 heavy (non-hydrogen) atoms. The number of carboxylic acid groups (broad SMARTS) is 1. The molecule has 2 unspecified atom stereocenters. The summed E-state index contributed by atoms with van der Waals surface area (Å²) in [5.74, 6) is -0.326. The van der Waals surface area contributed by atoms with Crippen molar-refractivity contribution in [3.05, 3.63) is 59.7 Å². The number of carbonyl (C=O) groups excluding carboxylic acids is 1. The zero-order valence-corrected chi connectivity index (χ0v) is 20.1. The van der Waals surface area contributed by atoms with Gasteiger partial charge in [0.2, 0.25) is 0 Å². The maximum atomic E-state index is 13.3. The summed E-state index contributed by atoms with van der Waals surface area (Å²) >= 11 is 0. The minimum Gasteiger partial charge on any atom is -0.465 e. The molecule has 2 aromatic carbocycles. The third kappa shape index (κ3) is 3.44. The van der Waals surface area contributed by atoms with Gasteiger partial charge < -0.3 is 10.0 Å². The van der Waals surface area contributed by atoms with Gasteiger partial charge in [-0.05, 0) is 49.7 Å². The Hall–Kier alpha value is -3.10. The molecule has 0 bridgehead atoms. The van der Waals surface area contributed by atoms with Crippen molar-refractivity contribution in [1.82, 2.24) is 9.96 Å². The van der Waals surface area contributed by atoms with Crippen LogP contribution in [0.15, 0.2) is 48.5 Å². The molecule has 1 N–H and O–H groups in total. The first-order chi connectivity index (χ1) is 16.2. The fourth-order valence-corrected chi connectivity index (χ4v) is 6.15. The van der Waals surface area contributed by atoms with Gasteiger partial charge in [-0.3, -0.25) is 19.4 Å². The Morgan fingerprint density at radius 1 is 1.21 bits per heavy atom. The summed E-state index contributed by atoms with van der Waals surface area (Å²) in [5, 5.41) is 11.5. The number of nitrogens with zero attached hydrogens (tertiary/aromatic N) is 4. The van der Waals surface area contributed by atoms with Crippen molar-refractivity contribution in [2.24, 2.45) is 0 Å². The molecule has 3 heterocycles. The molecule has 2 amide bonds. The van der Waals surface area contributed by atoms with Gasteiger partial charge in [0.05, 0.1) is 12.2 Å². The SMILES string of the molecule is CC1CC(N(C(=O)O)c2ccc3c(c2)[C@]2(C)CCN(C)[C@@H]2N3C)C(=O)N1OCc1ccccc1. The van der Waals surface area contributed by atoms with Crippen LogP contribution >= 0.6 is 0 Å². The molecular formula is C26H32N4O4. The molecule has 8 nitrogen and oxygen atoms in total. The van der Waals surface area contributed by atoms with Gasteiger partial charge in [-0.1, -0.05) is 37.3 Å². The second kappa shape index (κ2) is 8.29. The van der Waals surface area contributed by atoms with Gasteiger partial charge in [0.1, 0.15) is 12.6 Å². The van der Waals surface area contributed by atoms with E-state index >= 15 is 0 Å². The number of fused-ring (bicyclic) bond motifs is 3. The van der Waals surface area contributed by atoms with Gasteiger partial charge in [0.15, 0.2) is 0 Å². The molecule has 8 heteroatoms. The van der Waals surface area contributed by atoms with Gasteiger partial charge in [-0.25, -0.2) is 9.86 Å². The molecule has 3 aliphatic heterocycles. The number of carbonyl (C=O) groups is 2. The van der Waals surface area contributed by atoms with Crippen LogP contribution in [0.3, 0.4) is 0 Å². The number of hydroxylamine groups is 2. The van der Waals surface area contributed by atoms with Crippen LogP contribution in [-0.4, -0.2) is 66.0 Å². The van der Waals surface area contributed by atoms with Crippen molar-refractivity contribution in [2.45, 2.75) is 57.0 Å². The van der Waals surface area contributed by atoms with Crippen LogP contribution < -0.4 is 9.80 Å². The molecule has 0 aromatic heterocycles. The van der Waals surface area contributed by atoms with Crippen molar-refractivity contribution in [3.8, 4) is 0 Å². The number of anilines is 2. The lowest BCUT2D eigenvalue weighted by molar-refractivity contribution is -0.193. The molecule has 0 saturated carbocycles. The van der Waals surface area contributed by atoms with E-state index in [1.54, 1.807) is 0 Å². The number of amides is 2. The summed E-state index contributed by atoms with van der Waals surface area (Å²) in [6.07, 6.45) is 0.486. The van der Waals surface area contributed by atoms with E-state index in [9.17, 15) is 14.7 Å². The van der Waals surface area contributed by atoms with Crippen LogP contribution in [0.25, 0.3) is 0 Å². The number of likely N-dealkylation sites (N-methyl/N-ethyl adjacent to an activating group) is 2. The van der Waals surface area contributed by atoms with Crippen molar-refractivity contribution in [3.63, 3.8) is 0 Å². The highest BCUT2D eigenvalue weighted by Crippen LogP contribution is 2.52. The molecule has 2 fully saturated rings. The highest BCUT2D eigenvalue weighted by Gasteiger charge is 2.52. The normalized spacial score (nSPS) is 28.4. The fourth-order valence-electron chi connectivity index (χ4n) is 6.15. The first-order valence-electron chi connectivity index (χ1n) is 11.8. The highest BCUT2D eigenvalue weighted by molar-refractivity contribution is 5.98. The van der Waals surface area contributed by atoms with Crippen LogP contribution in [0.4, 0.5) is 16.2 Å². The number of hydrogen-bond acceptors (Lipinski definition) is 5. The Morgan fingerprint density at radius 2 is 1.94 bits per heavy atom. The van der Waals surface area contributed by atoms with E-state index in [0.717, 1.165) is 29.8 Å². The third-order valence-corrected chi connectivity index (χ3v) is 7.79. The average Bonchev–Trinajstić information content (AvgIpc) is 3.35. The summed E-state index contributed by atoms with van der Waals surface area (Å²) in [7, 11) is 4.22. The molecule has 3 aliphatic rings. The molecule has 2 aromatic rings. The lowest BCUT2D eigenvalue weighted by atomic mass is 9.81. The van der Waals surface area contributed by atoms with Crippen molar-refractivity contribution < 1.29 is 19.5 Å². The predicted octanol–water partition coefficient (Wildman–Crippen LogP) is 3.66. The minimum absolute atomic E-state index is 0.0865. The van der Waals surface area contributed by atoms with Crippen molar-refractivity contribution >= 4 is 23.4 Å². The van der Waals surface area contributed by atoms with Gasteiger partial charge in [-0.2, -0.15) is 0 Å². The standard InChI is InChI=1S/C26H32N4O4/c1-17-14-22(23(31)30(17)34-16-18-8-6-5-7-9-18)29(25(32)33)19-10-11-21-20(15-19)26(2)12-13-27(3)24(26)28(21)4/h5-11,15,17,22,24H,12-14,16H2,1-4H3,(H,32,33)/t17?,22?,24-,26+/m1/s1. The molecule has 0 spiro atoms. The van der Waals surface area contributed by atoms with Gasteiger partial charge >= 0.3 is 6.09 Å². The summed E-state index contributed by atoms with van der Waals surface area (Å²) in [6, 6.07) is 14.4. The molecule has 5 rings (SSSR count). The number of benzene rings is 2. The maximum Gasteiger partial charge on any atom is 0.412 e. The zero-order chi connectivity index (χ0) is 24.2. The Balaban J connectivity index is 1.42. The van der Waals surface area contributed by atoms with Crippen LogP contribution in [0.5, 0.6) is 0 Å². The summed E-state index contributed by atoms with van der Waals surface area (Å²) in [6.45, 7) is 5.39. The second-order valence-electron chi connectivity index (χ2n) is 10.0. The topological polar surface area (TPSA) is 76.6 Å². The van der Waals surface area contributed by atoms with E-state index in [2.05, 4.69) is 30.8 Å². The first-order valence-corrected chi connectivity index (χ1v) is 11.8. The van der Waals surface area contributed by atoms with E-state index in [1.165, 1.54) is 9.96 Å². The third-order valence-electron chi connectivity index (χ3n) is 7.79. The van der Waals surface area contributed by atoms with Crippen molar-refractivity contribution in [2.75, 3.05) is 30.4 Å². The smallest absolute Gasteiger partial charge is 0.412 e. The first kappa shape index (κ1) is 22.7. The summed E-state index contributed by atoms with van der Waals surface area (Å²) in [5.41, 5.74) is 3.66. The molecule has 0 aliphatic carbocycles. The fraction of sp³-hybridized carbons (Fsp3) is 0.462. The largest absolute Gasteiger partial charge is 0.465 e. The zero-order valence-electron chi connectivity index (χ0n) is 20.1. The van der Waals surface area contributed by atoms with Gasteiger partial charge in [0, 0.05) is 36.8 Å². The van der Waals surface area contributed by atoms with Gasteiger partial charge in [-0.15, -0.1) is 0 Å². The van der Waals surface area contributed by atoms with Gasteiger partial charge in [0.25, 0.3) is 5.91 Å². The Kier molecular flexibility index (Phi) is 5.53. The van der Waals surface area contributed by atoms with Crippen LogP contribution in [0.1, 0.15) is 37.8 Å². The highest BCUT2D eigenvalue weighted by atomic mass is 16.7.